The number of fused-ring (bicyclic) bond motifs is 1. The third-order valence-electron chi connectivity index (χ3n) is 1.49. The van der Waals surface area contributed by atoms with Crippen LogP contribution in [-0.2, 0) is 0 Å². The summed E-state index contributed by atoms with van der Waals surface area (Å²) < 4.78 is 0. The standard InChI is InChI=1S/C6H6/c1-2-5-4-6(5)3-1/h1,5H,2,4H2. The largest absolute Gasteiger partial charge is 0.126 e. The van der Waals surface area contributed by atoms with Crippen LogP contribution in [0, 0.1) is 5.92 Å². The average molecular weight is 78.1 g/mol. The highest BCUT2D eigenvalue weighted by Crippen LogP contribution is 2.42. The molecule has 0 radical (unpaired) electrons. The SMILES string of the molecule is C1=CCC2CC=12. The maximum atomic E-state index is 3.19. The lowest BCUT2D eigenvalue weighted by molar-refractivity contribution is 0.908. The van der Waals surface area contributed by atoms with Gasteiger partial charge in [0.1, 0.15) is 0 Å². The zero-order valence-electron chi connectivity index (χ0n) is 3.57. The molecular formula is C6H6. The van der Waals surface area contributed by atoms with Crippen molar-refractivity contribution in [2.24, 2.45) is 5.92 Å². The summed E-state index contributed by atoms with van der Waals surface area (Å²) >= 11 is 0. The van der Waals surface area contributed by atoms with Crippen LogP contribution in [0.3, 0.4) is 0 Å². The molecule has 6 heavy (non-hydrogen) atoms. The molecule has 0 saturated heterocycles. The molecule has 0 aliphatic heterocycles. The van der Waals surface area contributed by atoms with E-state index >= 15 is 0 Å². The van der Waals surface area contributed by atoms with Crippen molar-refractivity contribution < 1.29 is 0 Å². The lowest BCUT2D eigenvalue weighted by Gasteiger charge is -1.70. The van der Waals surface area contributed by atoms with Crippen LogP contribution in [0.25, 0.3) is 0 Å². The van der Waals surface area contributed by atoms with E-state index in [-0.39, 0.29) is 0 Å². The van der Waals surface area contributed by atoms with E-state index in [0.717, 1.165) is 5.92 Å². The van der Waals surface area contributed by atoms with E-state index in [1.807, 2.05) is 0 Å². The molecule has 1 unspecified atom stereocenters. The second kappa shape index (κ2) is 0.618. The smallest absolute Gasteiger partial charge is 0.00429 e. The Labute approximate surface area is 37.2 Å². The van der Waals surface area contributed by atoms with Gasteiger partial charge in [-0.25, -0.2) is 0 Å². The van der Waals surface area contributed by atoms with E-state index in [0.29, 0.717) is 0 Å². The van der Waals surface area contributed by atoms with Crippen molar-refractivity contribution in [2.75, 3.05) is 0 Å². The summed E-state index contributed by atoms with van der Waals surface area (Å²) in [6, 6.07) is 0. The Balaban J connectivity index is 2.57. The Morgan fingerprint density at radius 3 is 3.00 bits per heavy atom. The molecule has 0 aromatic carbocycles. The summed E-state index contributed by atoms with van der Waals surface area (Å²) in [6.45, 7) is 0. The zero-order valence-corrected chi connectivity index (χ0v) is 3.57. The first-order valence-corrected chi connectivity index (χ1v) is 2.41. The van der Waals surface area contributed by atoms with Gasteiger partial charge in [0.25, 0.3) is 0 Å². The lowest BCUT2D eigenvalue weighted by atomic mass is 10.3. The maximum Gasteiger partial charge on any atom is -0.00429 e. The minimum atomic E-state index is 0.963. The van der Waals surface area contributed by atoms with Gasteiger partial charge in [0.2, 0.25) is 0 Å². The molecule has 0 spiro atoms. The van der Waals surface area contributed by atoms with Crippen molar-refractivity contribution >= 4 is 0 Å². The van der Waals surface area contributed by atoms with Gasteiger partial charge >= 0.3 is 0 Å². The normalized spacial score (nSPS) is 36.0. The Hall–Kier alpha value is -0.480. The van der Waals surface area contributed by atoms with Crippen molar-refractivity contribution in [3.8, 4) is 0 Å². The van der Waals surface area contributed by atoms with Gasteiger partial charge in [-0.15, -0.1) is 5.73 Å². The summed E-state index contributed by atoms with van der Waals surface area (Å²) in [4.78, 5) is 0. The van der Waals surface area contributed by atoms with Gasteiger partial charge in [0.15, 0.2) is 0 Å². The van der Waals surface area contributed by atoms with Crippen molar-refractivity contribution in [2.45, 2.75) is 12.8 Å². The molecule has 0 nitrogen and oxygen atoms in total. The van der Waals surface area contributed by atoms with Crippen molar-refractivity contribution in [3.63, 3.8) is 0 Å². The molecule has 0 aromatic heterocycles. The second-order valence-electron chi connectivity index (χ2n) is 2.01. The fourth-order valence-electron chi connectivity index (χ4n) is 0.941. The van der Waals surface area contributed by atoms with Gasteiger partial charge in [0.05, 0.1) is 0 Å². The molecule has 30 valence electrons. The quantitative estimate of drug-likeness (QED) is 0.385. The van der Waals surface area contributed by atoms with E-state index in [1.165, 1.54) is 12.8 Å². The van der Waals surface area contributed by atoms with Gasteiger partial charge in [-0.2, -0.15) is 0 Å². The van der Waals surface area contributed by atoms with Crippen LogP contribution in [-0.4, -0.2) is 0 Å². The van der Waals surface area contributed by atoms with E-state index in [1.54, 1.807) is 5.57 Å². The summed E-state index contributed by atoms with van der Waals surface area (Å²) in [5, 5.41) is 0. The van der Waals surface area contributed by atoms with Crippen LogP contribution in [0.5, 0.6) is 0 Å². The highest BCUT2D eigenvalue weighted by atomic mass is 14.3. The zero-order chi connectivity index (χ0) is 3.98. The number of hydrogen-bond acceptors (Lipinski definition) is 0. The molecule has 1 atom stereocenters. The third kappa shape index (κ3) is 0.168. The van der Waals surface area contributed by atoms with E-state index < -0.39 is 0 Å². The minimum absolute atomic E-state index is 0.963. The molecule has 0 N–H and O–H groups in total. The van der Waals surface area contributed by atoms with Gasteiger partial charge < -0.3 is 0 Å². The number of allylic oxidation sites excluding steroid dienone is 1. The number of hydrogen-bond donors (Lipinski definition) is 0. The second-order valence-corrected chi connectivity index (χ2v) is 2.01. The Bertz CT molecular complexity index is 134. The molecule has 0 heteroatoms. The van der Waals surface area contributed by atoms with Crippen LogP contribution < -0.4 is 0 Å². The van der Waals surface area contributed by atoms with E-state index in [4.69, 9.17) is 0 Å². The first kappa shape index (κ1) is 2.65. The summed E-state index contributed by atoms with van der Waals surface area (Å²) in [7, 11) is 0. The van der Waals surface area contributed by atoms with E-state index in [9.17, 15) is 0 Å². The van der Waals surface area contributed by atoms with Crippen molar-refractivity contribution in [3.05, 3.63) is 17.4 Å². The topological polar surface area (TPSA) is 0 Å². The van der Waals surface area contributed by atoms with E-state index in [2.05, 4.69) is 11.8 Å². The summed E-state index contributed by atoms with van der Waals surface area (Å²) in [6.07, 6.45) is 4.79. The molecule has 0 amide bonds. The Morgan fingerprint density at radius 2 is 2.83 bits per heavy atom. The molecule has 0 bridgehead atoms. The highest BCUT2D eigenvalue weighted by Gasteiger charge is 2.30. The van der Waals surface area contributed by atoms with Crippen LogP contribution >= 0.6 is 0 Å². The van der Waals surface area contributed by atoms with Crippen LogP contribution in [0.15, 0.2) is 17.4 Å². The summed E-state index contributed by atoms with van der Waals surface area (Å²) in [5.74, 6) is 0.963. The Kier molecular flexibility index (Phi) is 0.273. The third-order valence-corrected chi connectivity index (χ3v) is 1.49. The predicted octanol–water partition coefficient (Wildman–Crippen LogP) is 1.49. The molecule has 2 rings (SSSR count). The molecule has 1 fully saturated rings. The van der Waals surface area contributed by atoms with Crippen LogP contribution in [0.1, 0.15) is 12.8 Å². The molecule has 2 aliphatic rings. The van der Waals surface area contributed by atoms with Crippen LogP contribution in [0.2, 0.25) is 0 Å². The van der Waals surface area contributed by atoms with Gasteiger partial charge in [0, 0.05) is 0 Å². The van der Waals surface area contributed by atoms with Gasteiger partial charge in [-0.05, 0) is 30.4 Å². The fourth-order valence-corrected chi connectivity index (χ4v) is 0.941. The first-order valence-electron chi connectivity index (χ1n) is 2.41. The van der Waals surface area contributed by atoms with Gasteiger partial charge in [-0.1, -0.05) is 0 Å². The molecule has 0 heterocycles. The van der Waals surface area contributed by atoms with Crippen molar-refractivity contribution in [1.82, 2.24) is 0 Å². The fraction of sp³-hybridized carbons (Fsp3) is 0.500. The summed E-state index contributed by atoms with van der Waals surface area (Å²) in [5.41, 5.74) is 4.75. The molecule has 0 aromatic rings. The van der Waals surface area contributed by atoms with Gasteiger partial charge in [-0.3, -0.25) is 0 Å². The van der Waals surface area contributed by atoms with Crippen molar-refractivity contribution in [1.29, 1.82) is 0 Å². The monoisotopic (exact) mass is 78.0 g/mol. The number of rotatable bonds is 0. The molecule has 2 aliphatic carbocycles. The minimum Gasteiger partial charge on any atom is -0.126 e. The first-order chi connectivity index (χ1) is 2.97. The predicted molar refractivity (Wildman–Crippen MR) is 24.3 cm³/mol. The van der Waals surface area contributed by atoms with Crippen LogP contribution in [0.4, 0.5) is 0 Å². The molecule has 1 saturated carbocycles. The average Bonchev–Trinajstić information content (AvgIpc) is 2.17. The Morgan fingerprint density at radius 1 is 1.83 bits per heavy atom. The maximum absolute atomic E-state index is 3.19. The molecular weight excluding hydrogens is 72.1 g/mol. The lowest BCUT2D eigenvalue weighted by Crippen LogP contribution is -1.59. The highest BCUT2D eigenvalue weighted by molar-refractivity contribution is 5.28.